The SMILES string of the molecule is O=S([O-])C(F)(F)C(F)(F)F. The molecule has 2 nitrogen and oxygen atoms in total. The quantitative estimate of drug-likeness (QED) is 0.449. The third-order valence-corrected chi connectivity index (χ3v) is 1.19. The van der Waals surface area contributed by atoms with Gasteiger partial charge in [0.05, 0.1) is 0 Å². The van der Waals surface area contributed by atoms with Crippen LogP contribution in [0.2, 0.25) is 0 Å². The van der Waals surface area contributed by atoms with Gasteiger partial charge in [-0.05, 0) is 0 Å². The van der Waals surface area contributed by atoms with E-state index in [2.05, 4.69) is 0 Å². The van der Waals surface area contributed by atoms with Crippen LogP contribution >= 0.6 is 0 Å². The summed E-state index contributed by atoms with van der Waals surface area (Å²) in [6, 6.07) is 0. The van der Waals surface area contributed by atoms with E-state index in [1.165, 1.54) is 0 Å². The summed E-state index contributed by atoms with van der Waals surface area (Å²) in [6.45, 7) is 0. The molecule has 1 unspecified atom stereocenters. The van der Waals surface area contributed by atoms with Gasteiger partial charge in [0, 0.05) is 11.1 Å². The number of hydrogen-bond acceptors (Lipinski definition) is 2. The minimum absolute atomic E-state index is 4.45. The van der Waals surface area contributed by atoms with Crippen molar-refractivity contribution in [3.05, 3.63) is 0 Å². The second-order valence-corrected chi connectivity index (χ2v) is 2.23. The van der Waals surface area contributed by atoms with Crippen molar-refractivity contribution in [2.75, 3.05) is 0 Å². The highest BCUT2D eigenvalue weighted by molar-refractivity contribution is 7.80. The smallest absolute Gasteiger partial charge is 0.465 e. The first-order valence-electron chi connectivity index (χ1n) is 1.73. The third-order valence-electron chi connectivity index (χ3n) is 0.539. The summed E-state index contributed by atoms with van der Waals surface area (Å²) < 4.78 is 73.8. The lowest BCUT2D eigenvalue weighted by Crippen LogP contribution is -2.40. The van der Waals surface area contributed by atoms with Crippen molar-refractivity contribution >= 4 is 11.1 Å². The summed E-state index contributed by atoms with van der Waals surface area (Å²) in [5.74, 6) is 0. The van der Waals surface area contributed by atoms with E-state index >= 15 is 0 Å². The predicted molar refractivity (Wildman–Crippen MR) is 19.9 cm³/mol. The molecule has 62 valence electrons. The van der Waals surface area contributed by atoms with Crippen molar-refractivity contribution in [3.8, 4) is 0 Å². The number of halogens is 5. The zero-order chi connectivity index (χ0) is 8.58. The summed E-state index contributed by atoms with van der Waals surface area (Å²) in [6.07, 6.45) is -6.03. The van der Waals surface area contributed by atoms with Crippen LogP contribution in [0.1, 0.15) is 0 Å². The molecule has 0 aromatic carbocycles. The van der Waals surface area contributed by atoms with Crippen molar-refractivity contribution in [1.29, 1.82) is 0 Å². The second kappa shape index (κ2) is 2.42. The van der Waals surface area contributed by atoms with Gasteiger partial charge in [-0.3, -0.25) is 4.21 Å². The standard InChI is InChI=1S/C2HF5O2S/c3-1(4,5)2(6,7)10(8)9/h(H,8,9)/p-1. The molecule has 0 spiro atoms. The Morgan fingerprint density at radius 2 is 1.40 bits per heavy atom. The van der Waals surface area contributed by atoms with Crippen LogP contribution in [-0.2, 0) is 11.1 Å². The number of rotatable bonds is 1. The first-order chi connectivity index (χ1) is 4.19. The van der Waals surface area contributed by atoms with Crippen LogP contribution in [0, 0.1) is 0 Å². The Bertz CT molecular complexity index is 150. The molecule has 0 heterocycles. The molecule has 0 amide bonds. The molecule has 8 heteroatoms. The summed E-state index contributed by atoms with van der Waals surface area (Å²) in [4.78, 5) is 0. The normalized spacial score (nSPS) is 17.0. The maximum Gasteiger partial charge on any atom is 0.465 e. The molecule has 0 rings (SSSR count). The van der Waals surface area contributed by atoms with Crippen LogP contribution < -0.4 is 0 Å². The van der Waals surface area contributed by atoms with Gasteiger partial charge in [-0.1, -0.05) is 0 Å². The monoisotopic (exact) mass is 183 g/mol. The average molecular weight is 183 g/mol. The summed E-state index contributed by atoms with van der Waals surface area (Å²) in [5.41, 5.74) is 0. The van der Waals surface area contributed by atoms with E-state index in [0.717, 1.165) is 0 Å². The first kappa shape index (κ1) is 9.76. The minimum atomic E-state index is -6.03. The van der Waals surface area contributed by atoms with Crippen LogP contribution in [0.15, 0.2) is 0 Å². The van der Waals surface area contributed by atoms with Crippen LogP contribution in [0.4, 0.5) is 22.0 Å². The van der Waals surface area contributed by atoms with Gasteiger partial charge in [0.1, 0.15) is 0 Å². The van der Waals surface area contributed by atoms with E-state index in [0.29, 0.717) is 0 Å². The molecule has 0 saturated heterocycles. The second-order valence-electron chi connectivity index (χ2n) is 1.25. The summed E-state index contributed by atoms with van der Waals surface area (Å²) >= 11 is -4.45. The highest BCUT2D eigenvalue weighted by Crippen LogP contribution is 2.37. The fourth-order valence-corrected chi connectivity index (χ4v) is 0.283. The van der Waals surface area contributed by atoms with Gasteiger partial charge >= 0.3 is 11.4 Å². The van der Waals surface area contributed by atoms with E-state index in [9.17, 15) is 30.7 Å². The summed E-state index contributed by atoms with van der Waals surface area (Å²) in [5, 5.41) is -5.65. The Morgan fingerprint density at radius 3 is 1.40 bits per heavy atom. The molecule has 0 aromatic heterocycles. The zero-order valence-electron chi connectivity index (χ0n) is 4.11. The van der Waals surface area contributed by atoms with Crippen LogP contribution in [0.5, 0.6) is 0 Å². The molecule has 0 aliphatic carbocycles. The Balaban J connectivity index is 4.57. The molecule has 0 N–H and O–H groups in total. The Labute approximate surface area is 54.3 Å². The Morgan fingerprint density at radius 1 is 1.10 bits per heavy atom. The van der Waals surface area contributed by atoms with Gasteiger partial charge in [-0.2, -0.15) is 22.0 Å². The average Bonchev–Trinajstić information content (AvgIpc) is 1.62. The largest absolute Gasteiger partial charge is 0.768 e. The maximum absolute atomic E-state index is 11.3. The molecule has 0 aliphatic heterocycles. The van der Waals surface area contributed by atoms with Crippen LogP contribution in [0.25, 0.3) is 0 Å². The van der Waals surface area contributed by atoms with E-state index < -0.39 is 22.5 Å². The lowest BCUT2D eigenvalue weighted by Gasteiger charge is -2.20. The molecule has 0 bridgehead atoms. The van der Waals surface area contributed by atoms with E-state index in [1.807, 2.05) is 0 Å². The predicted octanol–water partition coefficient (Wildman–Crippen LogP) is 1.02. The van der Waals surface area contributed by atoms with Gasteiger partial charge in [0.25, 0.3) is 0 Å². The number of alkyl halides is 5. The van der Waals surface area contributed by atoms with Crippen molar-refractivity contribution in [1.82, 2.24) is 0 Å². The fraction of sp³-hybridized carbons (Fsp3) is 1.00. The molecular weight excluding hydrogens is 183 g/mol. The molecule has 0 radical (unpaired) electrons. The lowest BCUT2D eigenvalue weighted by atomic mass is 10.7. The highest BCUT2D eigenvalue weighted by Gasteiger charge is 2.59. The van der Waals surface area contributed by atoms with Gasteiger partial charge in [0.15, 0.2) is 0 Å². The van der Waals surface area contributed by atoms with Crippen molar-refractivity contribution < 1.29 is 30.7 Å². The topological polar surface area (TPSA) is 40.1 Å². The van der Waals surface area contributed by atoms with Gasteiger partial charge in [-0.15, -0.1) is 0 Å². The number of hydrogen-bond donors (Lipinski definition) is 0. The van der Waals surface area contributed by atoms with Gasteiger partial charge < -0.3 is 4.55 Å². The summed E-state index contributed by atoms with van der Waals surface area (Å²) in [7, 11) is 0. The van der Waals surface area contributed by atoms with Crippen molar-refractivity contribution in [3.63, 3.8) is 0 Å². The van der Waals surface area contributed by atoms with Gasteiger partial charge in [-0.25, -0.2) is 0 Å². The van der Waals surface area contributed by atoms with Gasteiger partial charge in [0.2, 0.25) is 0 Å². The van der Waals surface area contributed by atoms with Crippen LogP contribution in [-0.4, -0.2) is 20.2 Å². The third kappa shape index (κ3) is 1.63. The molecule has 0 saturated carbocycles. The highest BCUT2D eigenvalue weighted by atomic mass is 32.2. The Hall–Kier alpha value is -0.240. The molecule has 10 heavy (non-hydrogen) atoms. The fourth-order valence-electron chi connectivity index (χ4n) is 0.0945. The van der Waals surface area contributed by atoms with E-state index in [1.54, 1.807) is 0 Å². The van der Waals surface area contributed by atoms with Crippen molar-refractivity contribution in [2.45, 2.75) is 11.4 Å². The molecule has 1 atom stereocenters. The first-order valence-corrected chi connectivity index (χ1v) is 2.81. The van der Waals surface area contributed by atoms with Crippen LogP contribution in [0.3, 0.4) is 0 Å². The Kier molecular flexibility index (Phi) is 2.36. The van der Waals surface area contributed by atoms with Crippen molar-refractivity contribution in [2.24, 2.45) is 0 Å². The minimum Gasteiger partial charge on any atom is -0.768 e. The van der Waals surface area contributed by atoms with E-state index in [4.69, 9.17) is 0 Å². The zero-order valence-corrected chi connectivity index (χ0v) is 4.93. The molecule has 0 fully saturated rings. The molecule has 0 aromatic rings. The molecule has 0 aliphatic rings. The molecular formula is C2F5O2S-. The van der Waals surface area contributed by atoms with E-state index in [-0.39, 0.29) is 0 Å². The lowest BCUT2D eigenvalue weighted by molar-refractivity contribution is -0.241. The maximum atomic E-state index is 11.3.